The van der Waals surface area contributed by atoms with Crippen molar-refractivity contribution in [2.24, 2.45) is 10.7 Å². The Morgan fingerprint density at radius 2 is 2.19 bits per heavy atom. The minimum Gasteiger partial charge on any atom is -0.488 e. The van der Waals surface area contributed by atoms with E-state index in [1.54, 1.807) is 6.20 Å². The third kappa shape index (κ3) is 3.70. The molecule has 2 aliphatic heterocycles. The molecule has 2 aliphatic rings. The number of aromatic nitrogens is 1. The first-order valence-electron chi connectivity index (χ1n) is 8.63. The molecule has 2 aromatic rings. The number of carbonyl (C=O) groups excluding carboxylic acids is 1. The highest BCUT2D eigenvalue weighted by Crippen LogP contribution is 2.31. The fourth-order valence-corrected chi connectivity index (χ4v) is 4.49. The highest BCUT2D eigenvalue weighted by Gasteiger charge is 2.20. The van der Waals surface area contributed by atoms with Gasteiger partial charge >= 0.3 is 0 Å². The summed E-state index contributed by atoms with van der Waals surface area (Å²) in [6.45, 7) is 1.31. The fourth-order valence-electron chi connectivity index (χ4n) is 3.11. The lowest BCUT2D eigenvalue weighted by Crippen LogP contribution is -2.26. The van der Waals surface area contributed by atoms with Gasteiger partial charge in [0.1, 0.15) is 23.5 Å². The molecule has 2 N–H and O–H groups in total. The van der Waals surface area contributed by atoms with Crippen molar-refractivity contribution in [2.75, 3.05) is 19.0 Å². The SMILES string of the molecule is N#Cc1cnc2ccc(C=S3CC(=O)N=C3N)cc2c1OC1CCOCC1. The molecule has 0 aliphatic carbocycles. The van der Waals surface area contributed by atoms with Crippen LogP contribution in [0.25, 0.3) is 10.9 Å². The minimum atomic E-state index is -0.506. The molecular weight excluding hydrogens is 364 g/mol. The van der Waals surface area contributed by atoms with Crippen molar-refractivity contribution in [3.8, 4) is 11.8 Å². The first-order valence-corrected chi connectivity index (χ1v) is 10.1. The third-order valence-electron chi connectivity index (χ3n) is 4.48. The normalized spacial score (nSPS) is 20.6. The number of nitrogens with two attached hydrogens (primary N) is 1. The molecule has 1 unspecified atom stereocenters. The van der Waals surface area contributed by atoms with E-state index < -0.39 is 10.5 Å². The van der Waals surface area contributed by atoms with Gasteiger partial charge in [-0.3, -0.25) is 9.78 Å². The second-order valence-electron chi connectivity index (χ2n) is 6.35. The molecule has 0 saturated carbocycles. The van der Waals surface area contributed by atoms with Crippen molar-refractivity contribution in [3.63, 3.8) is 0 Å². The summed E-state index contributed by atoms with van der Waals surface area (Å²) < 4.78 is 11.6. The standard InChI is InChI=1S/C19H18N4O3S/c20-8-13-9-22-16-2-1-12(10-27-11-17(24)23-19(27)21)7-15(16)18(13)26-14-3-5-25-6-4-14/h1-2,7,9-10,14H,3-6,11H2,(H2,21,23,24). The van der Waals surface area contributed by atoms with Crippen molar-refractivity contribution in [1.82, 2.24) is 4.98 Å². The summed E-state index contributed by atoms with van der Waals surface area (Å²) in [5.74, 6) is 0.674. The smallest absolute Gasteiger partial charge is 0.258 e. The highest BCUT2D eigenvalue weighted by molar-refractivity contribution is 8.28. The Morgan fingerprint density at radius 3 is 2.89 bits per heavy atom. The average molecular weight is 382 g/mol. The van der Waals surface area contributed by atoms with Crippen molar-refractivity contribution in [1.29, 1.82) is 5.26 Å². The van der Waals surface area contributed by atoms with E-state index >= 15 is 0 Å². The number of carbonyl (C=O) groups is 1. The largest absolute Gasteiger partial charge is 0.488 e. The van der Waals surface area contributed by atoms with E-state index in [9.17, 15) is 10.1 Å². The molecule has 0 radical (unpaired) electrons. The number of amidine groups is 1. The number of nitriles is 1. The summed E-state index contributed by atoms with van der Waals surface area (Å²) in [6, 6.07) is 7.91. The van der Waals surface area contributed by atoms with E-state index in [1.807, 2.05) is 23.6 Å². The number of benzene rings is 1. The fraction of sp³-hybridized carbons (Fsp3) is 0.316. The van der Waals surface area contributed by atoms with Gasteiger partial charge in [0.05, 0.1) is 24.5 Å². The Hall–Kier alpha value is -2.76. The van der Waals surface area contributed by atoms with E-state index in [0.29, 0.717) is 35.4 Å². The Balaban J connectivity index is 1.76. The molecule has 1 amide bonds. The number of ether oxygens (including phenoxy) is 2. The maximum Gasteiger partial charge on any atom is 0.258 e. The van der Waals surface area contributed by atoms with Crippen LogP contribution in [0, 0.1) is 11.3 Å². The van der Waals surface area contributed by atoms with Crippen LogP contribution < -0.4 is 10.5 Å². The topological polar surface area (TPSA) is 111 Å². The molecule has 138 valence electrons. The lowest BCUT2D eigenvalue weighted by Gasteiger charge is -2.24. The van der Waals surface area contributed by atoms with Crippen LogP contribution in [0.3, 0.4) is 0 Å². The number of aliphatic imine (C=N–C) groups is 1. The van der Waals surface area contributed by atoms with Gasteiger partial charge in [0, 0.05) is 24.4 Å². The van der Waals surface area contributed by atoms with Gasteiger partial charge in [0.2, 0.25) is 0 Å². The van der Waals surface area contributed by atoms with E-state index in [1.165, 1.54) is 0 Å². The van der Waals surface area contributed by atoms with E-state index in [2.05, 4.69) is 16.0 Å². The molecule has 7 nitrogen and oxygen atoms in total. The van der Waals surface area contributed by atoms with E-state index in [-0.39, 0.29) is 12.0 Å². The number of hydrogen-bond donors (Lipinski definition) is 1. The number of hydrogen-bond acceptors (Lipinski definition) is 6. The van der Waals surface area contributed by atoms with E-state index in [4.69, 9.17) is 15.2 Å². The number of nitrogens with zero attached hydrogens (tertiary/aromatic N) is 3. The van der Waals surface area contributed by atoms with Gasteiger partial charge in [-0.1, -0.05) is 6.07 Å². The number of amides is 1. The van der Waals surface area contributed by atoms with Gasteiger partial charge in [-0.15, -0.1) is 10.5 Å². The minimum absolute atomic E-state index is 0.0150. The molecule has 4 rings (SSSR count). The number of pyridine rings is 1. The molecule has 0 bridgehead atoms. The van der Waals surface area contributed by atoms with Gasteiger partial charge in [0.25, 0.3) is 5.91 Å². The number of fused-ring (bicyclic) bond motifs is 1. The molecule has 0 spiro atoms. The maximum absolute atomic E-state index is 11.5. The van der Waals surface area contributed by atoms with Crippen molar-refractivity contribution < 1.29 is 14.3 Å². The van der Waals surface area contributed by atoms with Gasteiger partial charge in [-0.2, -0.15) is 10.3 Å². The van der Waals surface area contributed by atoms with Crippen LogP contribution in [-0.4, -0.2) is 46.5 Å². The van der Waals surface area contributed by atoms with Crippen molar-refractivity contribution in [3.05, 3.63) is 35.5 Å². The summed E-state index contributed by atoms with van der Waals surface area (Å²) in [6.07, 6.45) is 3.14. The molecule has 3 heterocycles. The van der Waals surface area contributed by atoms with Crippen LogP contribution in [-0.2, 0) is 9.53 Å². The molecule has 1 aromatic carbocycles. The Kier molecular flexibility index (Phi) is 4.88. The maximum atomic E-state index is 11.5. The predicted octanol–water partition coefficient (Wildman–Crippen LogP) is 1.94. The second-order valence-corrected chi connectivity index (χ2v) is 8.15. The van der Waals surface area contributed by atoms with Gasteiger partial charge in [-0.05, 0) is 23.1 Å². The van der Waals surface area contributed by atoms with E-state index in [0.717, 1.165) is 29.3 Å². The summed E-state index contributed by atoms with van der Waals surface area (Å²) in [5, 5.41) is 12.6. The van der Waals surface area contributed by atoms with Crippen LogP contribution in [0.4, 0.5) is 0 Å². The quantitative estimate of drug-likeness (QED) is 0.812. The Morgan fingerprint density at radius 1 is 1.37 bits per heavy atom. The summed E-state index contributed by atoms with van der Waals surface area (Å²) >= 11 is 0. The molecule has 1 saturated heterocycles. The Labute approximate surface area is 158 Å². The number of rotatable bonds is 3. The van der Waals surface area contributed by atoms with Crippen LogP contribution in [0.5, 0.6) is 5.75 Å². The summed E-state index contributed by atoms with van der Waals surface area (Å²) in [7, 11) is -0.506. The van der Waals surface area contributed by atoms with Crippen LogP contribution in [0.1, 0.15) is 24.0 Å². The zero-order valence-electron chi connectivity index (χ0n) is 14.6. The van der Waals surface area contributed by atoms with Crippen molar-refractivity contribution in [2.45, 2.75) is 18.9 Å². The first kappa shape index (κ1) is 17.6. The van der Waals surface area contributed by atoms with Gasteiger partial charge in [0.15, 0.2) is 5.17 Å². The second kappa shape index (κ2) is 7.47. The zero-order valence-corrected chi connectivity index (χ0v) is 15.4. The van der Waals surface area contributed by atoms with Crippen LogP contribution in [0.15, 0.2) is 29.4 Å². The summed E-state index contributed by atoms with van der Waals surface area (Å²) in [5.41, 5.74) is 7.90. The predicted molar refractivity (Wildman–Crippen MR) is 105 cm³/mol. The molecule has 8 heteroatoms. The summed E-state index contributed by atoms with van der Waals surface area (Å²) in [4.78, 5) is 19.6. The molecular formula is C19H18N4O3S. The Bertz CT molecular complexity index is 1020. The molecule has 27 heavy (non-hydrogen) atoms. The van der Waals surface area contributed by atoms with Crippen LogP contribution in [0.2, 0.25) is 0 Å². The lowest BCUT2D eigenvalue weighted by molar-refractivity contribution is -0.115. The monoisotopic (exact) mass is 382 g/mol. The average Bonchev–Trinajstić information content (AvgIpc) is 3.00. The third-order valence-corrected chi connectivity index (χ3v) is 6.22. The molecule has 1 atom stereocenters. The zero-order chi connectivity index (χ0) is 18.8. The molecule has 1 aromatic heterocycles. The molecule has 1 fully saturated rings. The first-order chi connectivity index (χ1) is 13.1. The highest BCUT2D eigenvalue weighted by atomic mass is 32.2. The van der Waals surface area contributed by atoms with Gasteiger partial charge in [-0.25, -0.2) is 0 Å². The van der Waals surface area contributed by atoms with Crippen molar-refractivity contribution >= 4 is 37.8 Å². The van der Waals surface area contributed by atoms with Crippen LogP contribution >= 0.6 is 10.5 Å². The lowest BCUT2D eigenvalue weighted by atomic mass is 10.1. The van der Waals surface area contributed by atoms with Gasteiger partial charge < -0.3 is 15.2 Å².